The molecule has 2 atom stereocenters. The molecule has 0 fully saturated rings. The van der Waals surface area contributed by atoms with Gasteiger partial charge in [-0.15, -0.1) is 0 Å². The Labute approximate surface area is 141 Å². The lowest BCUT2D eigenvalue weighted by molar-refractivity contribution is 0.207. The monoisotopic (exact) mass is 331 g/mol. The van der Waals surface area contributed by atoms with E-state index in [9.17, 15) is 10.2 Å². The first-order valence-electron chi connectivity index (χ1n) is 8.39. The van der Waals surface area contributed by atoms with Crippen molar-refractivity contribution in [3.05, 3.63) is 51.3 Å². The van der Waals surface area contributed by atoms with Crippen molar-refractivity contribution in [2.24, 2.45) is 0 Å². The number of aliphatic hydroxyl groups is 1. The number of phenolic OH excluding ortho intramolecular Hbond substituents is 1. The third kappa shape index (κ3) is 2.38. The highest BCUT2D eigenvalue weighted by Gasteiger charge is 2.39. The largest absolute Gasteiger partial charge is 0.508 e. The van der Waals surface area contributed by atoms with Gasteiger partial charge < -0.3 is 15.1 Å². The van der Waals surface area contributed by atoms with Crippen molar-refractivity contribution in [1.29, 1.82) is 0 Å². The Morgan fingerprint density at radius 3 is 2.83 bits per heavy atom. The Bertz CT molecular complexity index is 722. The van der Waals surface area contributed by atoms with E-state index in [4.69, 9.17) is 11.6 Å². The molecule has 0 saturated heterocycles. The number of hydrogen-bond acceptors (Lipinski definition) is 3. The topological polar surface area (TPSA) is 43.7 Å². The van der Waals surface area contributed by atoms with Crippen LogP contribution in [0.5, 0.6) is 5.75 Å². The molecule has 122 valence electrons. The van der Waals surface area contributed by atoms with E-state index in [0.717, 1.165) is 44.2 Å². The molecule has 4 rings (SSSR count). The number of phenols is 1. The lowest BCUT2D eigenvalue weighted by atomic mass is 9.71. The fourth-order valence-electron chi connectivity index (χ4n) is 4.58. The van der Waals surface area contributed by atoms with Crippen molar-refractivity contribution in [1.82, 2.24) is 4.90 Å². The average Bonchev–Trinajstić information content (AvgIpc) is 2.67. The van der Waals surface area contributed by atoms with E-state index >= 15 is 0 Å². The van der Waals surface area contributed by atoms with E-state index in [0.29, 0.717) is 16.8 Å². The maximum atomic E-state index is 10.3. The van der Waals surface area contributed by atoms with Gasteiger partial charge in [0, 0.05) is 18.5 Å². The first kappa shape index (κ1) is 15.1. The van der Waals surface area contributed by atoms with Crippen molar-refractivity contribution in [2.45, 2.75) is 44.1 Å². The van der Waals surface area contributed by atoms with Crippen molar-refractivity contribution in [3.63, 3.8) is 0 Å². The number of aliphatic hydroxyl groups excluding tert-OH is 1. The highest BCUT2D eigenvalue weighted by atomic mass is 35.5. The number of hydrogen-bond donors (Lipinski definition) is 2. The Hall–Kier alpha value is -1.45. The van der Waals surface area contributed by atoms with Crippen molar-refractivity contribution in [2.75, 3.05) is 13.6 Å². The van der Waals surface area contributed by atoms with Gasteiger partial charge in [0.1, 0.15) is 11.5 Å². The van der Waals surface area contributed by atoms with Gasteiger partial charge in [-0.05, 0) is 74.1 Å². The molecule has 0 aromatic heterocycles. The SMILES string of the molecule is CN1CCc2cc(Cl)c(O)cc2C2C3=C(CC[C@@H]21)C(O)=CCC3. The normalized spacial score (nSPS) is 27.7. The summed E-state index contributed by atoms with van der Waals surface area (Å²) in [6.45, 7) is 1.000. The van der Waals surface area contributed by atoms with Crippen molar-refractivity contribution in [3.8, 4) is 5.75 Å². The molecule has 1 unspecified atom stereocenters. The highest BCUT2D eigenvalue weighted by molar-refractivity contribution is 6.32. The number of benzene rings is 1. The minimum atomic E-state index is 0.164. The number of halogens is 1. The Balaban J connectivity index is 1.91. The van der Waals surface area contributed by atoms with E-state index in [1.165, 1.54) is 16.7 Å². The summed E-state index contributed by atoms with van der Waals surface area (Å²) in [5.74, 6) is 0.883. The number of rotatable bonds is 0. The first-order valence-corrected chi connectivity index (χ1v) is 8.77. The van der Waals surface area contributed by atoms with Crippen LogP contribution < -0.4 is 0 Å². The standard InChI is InChI=1S/C19H22ClNO2/c1-21-8-7-11-9-15(20)18(23)10-14(11)19-13-3-2-4-17(22)12(13)5-6-16(19)21/h4,9-10,16,19,22-23H,2-3,5-8H2,1H3/t16-,19?/m0/s1. The third-order valence-corrected chi connectivity index (χ3v) is 6.04. The zero-order valence-corrected chi connectivity index (χ0v) is 14.1. The quantitative estimate of drug-likeness (QED) is 0.744. The Morgan fingerprint density at radius 2 is 2.00 bits per heavy atom. The van der Waals surface area contributed by atoms with Crippen LogP contribution in [0.25, 0.3) is 0 Å². The molecular weight excluding hydrogens is 310 g/mol. The molecule has 2 N–H and O–H groups in total. The van der Waals surface area contributed by atoms with Crippen LogP contribution in [0.3, 0.4) is 0 Å². The van der Waals surface area contributed by atoms with Crippen LogP contribution in [0.15, 0.2) is 35.1 Å². The maximum absolute atomic E-state index is 10.3. The number of nitrogens with zero attached hydrogens (tertiary/aromatic N) is 1. The fourth-order valence-corrected chi connectivity index (χ4v) is 4.77. The van der Waals surface area contributed by atoms with Gasteiger partial charge in [-0.2, -0.15) is 0 Å². The molecule has 2 aliphatic carbocycles. The Kier molecular flexibility index (Phi) is 3.66. The minimum absolute atomic E-state index is 0.164. The molecular formula is C19H22ClNO2. The van der Waals surface area contributed by atoms with E-state index < -0.39 is 0 Å². The number of allylic oxidation sites excluding steroid dienone is 2. The van der Waals surface area contributed by atoms with Crippen LogP contribution in [0.2, 0.25) is 5.02 Å². The first-order chi connectivity index (χ1) is 11.1. The smallest absolute Gasteiger partial charge is 0.134 e. The van der Waals surface area contributed by atoms with Crippen LogP contribution in [0, 0.1) is 0 Å². The van der Waals surface area contributed by atoms with Gasteiger partial charge in [0.15, 0.2) is 0 Å². The highest BCUT2D eigenvalue weighted by Crippen LogP contribution is 2.48. The molecule has 0 spiro atoms. The third-order valence-electron chi connectivity index (χ3n) is 5.74. The summed E-state index contributed by atoms with van der Waals surface area (Å²) in [6, 6.07) is 4.22. The summed E-state index contributed by atoms with van der Waals surface area (Å²) < 4.78 is 0. The van der Waals surface area contributed by atoms with Gasteiger partial charge in [0.2, 0.25) is 0 Å². The maximum Gasteiger partial charge on any atom is 0.134 e. The van der Waals surface area contributed by atoms with Crippen LogP contribution in [0.1, 0.15) is 42.7 Å². The van der Waals surface area contributed by atoms with E-state index in [1.807, 2.05) is 18.2 Å². The second kappa shape index (κ2) is 5.57. The summed E-state index contributed by atoms with van der Waals surface area (Å²) in [5.41, 5.74) is 4.92. The molecule has 1 aliphatic heterocycles. The average molecular weight is 332 g/mol. The van der Waals surface area contributed by atoms with Crippen molar-refractivity contribution < 1.29 is 10.2 Å². The second-order valence-electron chi connectivity index (χ2n) is 6.95. The van der Waals surface area contributed by atoms with Gasteiger partial charge in [-0.25, -0.2) is 0 Å². The van der Waals surface area contributed by atoms with Crippen LogP contribution in [-0.2, 0) is 6.42 Å². The fraction of sp³-hybridized carbons (Fsp3) is 0.474. The molecule has 1 aromatic carbocycles. The summed E-state index contributed by atoms with van der Waals surface area (Å²) in [6.07, 6.45) is 6.77. The summed E-state index contributed by atoms with van der Waals surface area (Å²) in [5, 5.41) is 20.9. The van der Waals surface area contributed by atoms with E-state index in [-0.39, 0.29) is 11.7 Å². The molecule has 0 bridgehead atoms. The molecule has 1 aromatic rings. The minimum Gasteiger partial charge on any atom is -0.508 e. The lowest BCUT2D eigenvalue weighted by Gasteiger charge is -2.40. The van der Waals surface area contributed by atoms with Gasteiger partial charge in [0.25, 0.3) is 0 Å². The van der Waals surface area contributed by atoms with E-state index in [1.54, 1.807) is 0 Å². The Morgan fingerprint density at radius 1 is 1.17 bits per heavy atom. The molecule has 3 aliphatic rings. The molecule has 1 heterocycles. The molecule has 0 saturated carbocycles. The van der Waals surface area contributed by atoms with Crippen LogP contribution >= 0.6 is 11.6 Å². The summed E-state index contributed by atoms with van der Waals surface area (Å²) in [4.78, 5) is 2.44. The van der Waals surface area contributed by atoms with Crippen molar-refractivity contribution >= 4 is 11.6 Å². The lowest BCUT2D eigenvalue weighted by Crippen LogP contribution is -2.39. The summed E-state index contributed by atoms with van der Waals surface area (Å²) in [7, 11) is 2.19. The van der Waals surface area contributed by atoms with Gasteiger partial charge in [0.05, 0.1) is 5.02 Å². The second-order valence-corrected chi connectivity index (χ2v) is 7.36. The number of fused-ring (bicyclic) bond motifs is 4. The molecule has 23 heavy (non-hydrogen) atoms. The summed E-state index contributed by atoms with van der Waals surface area (Å²) >= 11 is 6.15. The molecule has 4 heteroatoms. The van der Waals surface area contributed by atoms with E-state index in [2.05, 4.69) is 11.9 Å². The molecule has 0 amide bonds. The van der Waals surface area contributed by atoms with Crippen LogP contribution in [0.4, 0.5) is 0 Å². The zero-order valence-electron chi connectivity index (χ0n) is 13.3. The molecule has 0 radical (unpaired) electrons. The number of aromatic hydroxyl groups is 1. The zero-order chi connectivity index (χ0) is 16.1. The van der Waals surface area contributed by atoms with Gasteiger partial charge in [-0.3, -0.25) is 0 Å². The molecule has 3 nitrogen and oxygen atoms in total. The van der Waals surface area contributed by atoms with Crippen LogP contribution in [-0.4, -0.2) is 34.7 Å². The number of likely N-dealkylation sites (N-methyl/N-ethyl adjacent to an activating group) is 1. The predicted octanol–water partition coefficient (Wildman–Crippen LogP) is 4.31. The predicted molar refractivity (Wildman–Crippen MR) is 92.2 cm³/mol. The van der Waals surface area contributed by atoms with Gasteiger partial charge >= 0.3 is 0 Å². The van der Waals surface area contributed by atoms with Gasteiger partial charge in [-0.1, -0.05) is 17.2 Å².